The molecule has 0 saturated carbocycles. The van der Waals surface area contributed by atoms with E-state index in [1.54, 1.807) is 0 Å². The second kappa shape index (κ2) is 6.41. The molecule has 1 aliphatic carbocycles. The second-order valence-corrected chi connectivity index (χ2v) is 5.88. The summed E-state index contributed by atoms with van der Waals surface area (Å²) in [5.41, 5.74) is 7.26. The minimum Gasteiger partial charge on any atom is -0.273 e. The molecule has 2 aromatic rings. The van der Waals surface area contributed by atoms with Gasteiger partial charge in [-0.2, -0.15) is 5.10 Å². The summed E-state index contributed by atoms with van der Waals surface area (Å²) in [6, 6.07) is 9.06. The van der Waals surface area contributed by atoms with Gasteiger partial charge in [0.05, 0.1) is 6.20 Å². The number of hydrogen-bond donors (Lipinski definition) is 2. The second-order valence-electron chi connectivity index (χ2n) is 5.88. The molecule has 21 heavy (non-hydrogen) atoms. The molecule has 0 aliphatic heterocycles. The Hall–Kier alpha value is -1.65. The highest BCUT2D eigenvalue weighted by Crippen LogP contribution is 2.34. The van der Waals surface area contributed by atoms with E-state index in [1.165, 1.54) is 36.0 Å². The van der Waals surface area contributed by atoms with Gasteiger partial charge in [0.25, 0.3) is 0 Å². The lowest BCUT2D eigenvalue weighted by Gasteiger charge is -2.32. The molecule has 0 radical (unpaired) electrons. The van der Waals surface area contributed by atoms with Gasteiger partial charge in [-0.3, -0.25) is 16.0 Å². The van der Waals surface area contributed by atoms with E-state index < -0.39 is 0 Å². The number of benzene rings is 1. The molecule has 0 spiro atoms. The molecule has 4 nitrogen and oxygen atoms in total. The number of nitrogens with two attached hydrogens (primary N) is 1. The number of hydrogen-bond acceptors (Lipinski definition) is 3. The number of aromatic nitrogens is 2. The number of nitrogens with one attached hydrogen (secondary N) is 1. The highest BCUT2D eigenvalue weighted by molar-refractivity contribution is 5.34. The van der Waals surface area contributed by atoms with Crippen molar-refractivity contribution in [1.29, 1.82) is 0 Å². The number of rotatable bonds is 5. The largest absolute Gasteiger partial charge is 0.273 e. The van der Waals surface area contributed by atoms with Crippen LogP contribution in [0.5, 0.6) is 0 Å². The SMILES string of the molecule is CCn1cc(CC(NN)C2CCCc3ccccc32)cn1. The zero-order chi connectivity index (χ0) is 14.7. The van der Waals surface area contributed by atoms with E-state index in [0.29, 0.717) is 5.92 Å². The van der Waals surface area contributed by atoms with Crippen molar-refractivity contribution in [2.75, 3.05) is 0 Å². The molecule has 3 rings (SSSR count). The van der Waals surface area contributed by atoms with Crippen molar-refractivity contribution in [2.45, 2.75) is 51.1 Å². The third kappa shape index (κ3) is 3.01. The van der Waals surface area contributed by atoms with E-state index in [1.807, 2.05) is 10.9 Å². The Kier molecular flexibility index (Phi) is 4.36. The highest BCUT2D eigenvalue weighted by atomic mass is 15.3. The van der Waals surface area contributed by atoms with E-state index in [0.717, 1.165) is 13.0 Å². The number of hydrazine groups is 1. The summed E-state index contributed by atoms with van der Waals surface area (Å²) < 4.78 is 1.97. The Bertz CT molecular complexity index is 590. The lowest BCUT2D eigenvalue weighted by molar-refractivity contribution is 0.395. The molecule has 3 N–H and O–H groups in total. The maximum atomic E-state index is 5.87. The van der Waals surface area contributed by atoms with Gasteiger partial charge in [0, 0.05) is 24.7 Å². The Morgan fingerprint density at radius 2 is 2.29 bits per heavy atom. The van der Waals surface area contributed by atoms with Crippen LogP contribution in [0.15, 0.2) is 36.7 Å². The molecular formula is C17H24N4. The van der Waals surface area contributed by atoms with Crippen LogP contribution < -0.4 is 11.3 Å². The third-order valence-corrected chi connectivity index (χ3v) is 4.58. The van der Waals surface area contributed by atoms with Crippen LogP contribution in [-0.4, -0.2) is 15.8 Å². The van der Waals surface area contributed by atoms with E-state index >= 15 is 0 Å². The standard InChI is InChI=1S/C17H24N4/c1-2-21-12-13(11-19-21)10-17(20-18)16-9-5-7-14-6-3-4-8-15(14)16/h3-4,6,8,11-12,16-17,20H,2,5,7,9-10,18H2,1H3. The molecule has 1 heterocycles. The number of aryl methyl sites for hydroxylation is 2. The molecule has 2 unspecified atom stereocenters. The first kappa shape index (κ1) is 14.3. The normalized spacial score (nSPS) is 19.2. The fourth-order valence-electron chi connectivity index (χ4n) is 3.47. The monoisotopic (exact) mass is 284 g/mol. The maximum Gasteiger partial charge on any atom is 0.0522 e. The van der Waals surface area contributed by atoms with Crippen LogP contribution >= 0.6 is 0 Å². The summed E-state index contributed by atoms with van der Waals surface area (Å²) >= 11 is 0. The molecular weight excluding hydrogens is 260 g/mol. The van der Waals surface area contributed by atoms with Gasteiger partial charge >= 0.3 is 0 Å². The van der Waals surface area contributed by atoms with Crippen LogP contribution in [0, 0.1) is 0 Å². The minimum absolute atomic E-state index is 0.265. The van der Waals surface area contributed by atoms with E-state index in [-0.39, 0.29) is 6.04 Å². The summed E-state index contributed by atoms with van der Waals surface area (Å²) in [6.45, 7) is 3.01. The number of nitrogens with zero attached hydrogens (tertiary/aromatic N) is 2. The van der Waals surface area contributed by atoms with Gasteiger partial charge in [0.1, 0.15) is 0 Å². The topological polar surface area (TPSA) is 55.9 Å². The van der Waals surface area contributed by atoms with Crippen LogP contribution in [0.2, 0.25) is 0 Å². The molecule has 0 amide bonds. The Morgan fingerprint density at radius 3 is 3.05 bits per heavy atom. The molecule has 0 saturated heterocycles. The van der Waals surface area contributed by atoms with Crippen LogP contribution in [0.3, 0.4) is 0 Å². The minimum atomic E-state index is 0.265. The van der Waals surface area contributed by atoms with Crippen LogP contribution in [0.1, 0.15) is 42.4 Å². The zero-order valence-electron chi connectivity index (χ0n) is 12.6. The number of fused-ring (bicyclic) bond motifs is 1. The highest BCUT2D eigenvalue weighted by Gasteiger charge is 2.27. The van der Waals surface area contributed by atoms with Gasteiger partial charge in [-0.25, -0.2) is 0 Å². The van der Waals surface area contributed by atoms with Crippen LogP contribution in [0.4, 0.5) is 0 Å². The van der Waals surface area contributed by atoms with E-state index in [2.05, 4.69) is 47.9 Å². The van der Waals surface area contributed by atoms with Gasteiger partial charge in [-0.05, 0) is 49.3 Å². The van der Waals surface area contributed by atoms with Gasteiger partial charge in [0.2, 0.25) is 0 Å². The maximum absolute atomic E-state index is 5.87. The molecule has 1 aliphatic rings. The predicted molar refractivity (Wildman–Crippen MR) is 84.8 cm³/mol. The fourth-order valence-corrected chi connectivity index (χ4v) is 3.47. The first-order valence-corrected chi connectivity index (χ1v) is 7.87. The summed E-state index contributed by atoms with van der Waals surface area (Å²) in [4.78, 5) is 0. The first-order valence-electron chi connectivity index (χ1n) is 7.87. The van der Waals surface area contributed by atoms with Crippen molar-refractivity contribution in [3.8, 4) is 0 Å². The first-order chi connectivity index (χ1) is 10.3. The van der Waals surface area contributed by atoms with Crippen LogP contribution in [-0.2, 0) is 19.4 Å². The van der Waals surface area contributed by atoms with Crippen molar-refractivity contribution < 1.29 is 0 Å². The van der Waals surface area contributed by atoms with Gasteiger partial charge in [-0.15, -0.1) is 0 Å². The molecule has 4 heteroatoms. The lowest BCUT2D eigenvalue weighted by atomic mass is 9.77. The molecule has 0 fully saturated rings. The average Bonchev–Trinajstić information content (AvgIpc) is 3.00. The molecule has 0 bridgehead atoms. The molecule has 1 aromatic carbocycles. The van der Waals surface area contributed by atoms with E-state index in [4.69, 9.17) is 5.84 Å². The zero-order valence-corrected chi connectivity index (χ0v) is 12.6. The molecule has 2 atom stereocenters. The van der Waals surface area contributed by atoms with Crippen molar-refractivity contribution >= 4 is 0 Å². The van der Waals surface area contributed by atoms with Gasteiger partial charge in [-0.1, -0.05) is 24.3 Å². The smallest absolute Gasteiger partial charge is 0.0522 e. The summed E-state index contributed by atoms with van der Waals surface area (Å²) in [7, 11) is 0. The lowest BCUT2D eigenvalue weighted by Crippen LogP contribution is -2.42. The Balaban J connectivity index is 1.80. The summed E-state index contributed by atoms with van der Waals surface area (Å²) in [5.74, 6) is 6.36. The van der Waals surface area contributed by atoms with Crippen molar-refractivity contribution in [3.63, 3.8) is 0 Å². The molecule has 112 valence electrons. The Labute approximate surface area is 126 Å². The molecule has 1 aromatic heterocycles. The average molecular weight is 284 g/mol. The predicted octanol–water partition coefficient (Wildman–Crippen LogP) is 2.40. The van der Waals surface area contributed by atoms with Gasteiger partial charge < -0.3 is 0 Å². The summed E-state index contributed by atoms with van der Waals surface area (Å²) in [6.07, 6.45) is 8.65. The van der Waals surface area contributed by atoms with Crippen molar-refractivity contribution in [1.82, 2.24) is 15.2 Å². The van der Waals surface area contributed by atoms with Gasteiger partial charge in [0.15, 0.2) is 0 Å². The fraction of sp³-hybridized carbons (Fsp3) is 0.471. The Morgan fingerprint density at radius 1 is 1.43 bits per heavy atom. The summed E-state index contributed by atoms with van der Waals surface area (Å²) in [5, 5.41) is 4.36. The van der Waals surface area contributed by atoms with Crippen molar-refractivity contribution in [3.05, 3.63) is 53.3 Å². The third-order valence-electron chi connectivity index (χ3n) is 4.58. The van der Waals surface area contributed by atoms with Crippen LogP contribution in [0.25, 0.3) is 0 Å². The van der Waals surface area contributed by atoms with E-state index in [9.17, 15) is 0 Å². The van der Waals surface area contributed by atoms with Crippen molar-refractivity contribution in [2.24, 2.45) is 5.84 Å². The quantitative estimate of drug-likeness (QED) is 0.655.